The lowest BCUT2D eigenvalue weighted by atomic mass is 9.66. The Hall–Kier alpha value is -0.860. The number of piperidine rings is 1. The van der Waals surface area contributed by atoms with E-state index in [-0.39, 0.29) is 23.1 Å². The van der Waals surface area contributed by atoms with Crippen molar-refractivity contribution in [2.45, 2.75) is 51.9 Å². The number of rotatable bonds is 0. The number of nitrogens with one attached hydrogen (secondary N) is 1. The average molecular weight is 209 g/mol. The van der Waals surface area contributed by atoms with E-state index in [1.165, 1.54) is 25.7 Å². The highest BCUT2D eigenvalue weighted by Crippen LogP contribution is 2.45. The summed E-state index contributed by atoms with van der Waals surface area (Å²) in [4.78, 5) is 23.1. The van der Waals surface area contributed by atoms with Crippen molar-refractivity contribution in [2.24, 2.45) is 11.3 Å². The molecule has 1 N–H and O–H groups in total. The topological polar surface area (TPSA) is 46.2 Å². The Kier molecular flexibility index (Phi) is 2.81. The van der Waals surface area contributed by atoms with Crippen LogP contribution in [0, 0.1) is 11.3 Å². The second-order valence-corrected chi connectivity index (χ2v) is 5.09. The van der Waals surface area contributed by atoms with E-state index in [2.05, 4.69) is 5.32 Å². The zero-order valence-corrected chi connectivity index (χ0v) is 9.34. The quantitative estimate of drug-likeness (QED) is 0.620. The first-order valence-electron chi connectivity index (χ1n) is 5.98. The van der Waals surface area contributed by atoms with Crippen molar-refractivity contribution in [1.82, 2.24) is 5.32 Å². The van der Waals surface area contributed by atoms with Gasteiger partial charge in [-0.1, -0.05) is 32.6 Å². The van der Waals surface area contributed by atoms with Gasteiger partial charge < -0.3 is 0 Å². The van der Waals surface area contributed by atoms with Gasteiger partial charge in [-0.2, -0.15) is 0 Å². The summed E-state index contributed by atoms with van der Waals surface area (Å²) in [5.41, 5.74) is -0.0179. The minimum atomic E-state index is -0.0694. The molecule has 0 aromatic carbocycles. The maximum absolute atomic E-state index is 11.7. The molecule has 15 heavy (non-hydrogen) atoms. The van der Waals surface area contributed by atoms with Gasteiger partial charge in [-0.25, -0.2) is 0 Å². The normalized spacial score (nSPS) is 31.1. The van der Waals surface area contributed by atoms with Crippen LogP contribution in [-0.4, -0.2) is 11.8 Å². The highest BCUT2D eigenvalue weighted by atomic mass is 16.2. The summed E-state index contributed by atoms with van der Waals surface area (Å²) >= 11 is 0. The van der Waals surface area contributed by atoms with Crippen molar-refractivity contribution in [2.75, 3.05) is 0 Å². The summed E-state index contributed by atoms with van der Waals surface area (Å²) in [6.07, 6.45) is 7.50. The third kappa shape index (κ3) is 1.92. The van der Waals surface area contributed by atoms with Crippen LogP contribution in [0.4, 0.5) is 0 Å². The summed E-state index contributed by atoms with van der Waals surface area (Å²) in [6.45, 7) is 1.98. The van der Waals surface area contributed by atoms with E-state index in [4.69, 9.17) is 0 Å². The van der Waals surface area contributed by atoms with Gasteiger partial charge in [0.2, 0.25) is 11.8 Å². The molecular weight excluding hydrogens is 190 g/mol. The van der Waals surface area contributed by atoms with Gasteiger partial charge in [-0.05, 0) is 18.3 Å². The molecule has 0 radical (unpaired) electrons. The monoisotopic (exact) mass is 209 g/mol. The lowest BCUT2D eigenvalue weighted by Crippen LogP contribution is -2.50. The zero-order chi connectivity index (χ0) is 10.9. The summed E-state index contributed by atoms with van der Waals surface area (Å²) in [5, 5.41) is 2.44. The standard InChI is InChI=1S/C12H19NO2/c1-9-11(15)13-10(14)8-12(9)6-4-2-3-5-7-12/h9H,2-8H2,1H3,(H,13,14,15). The number of hydrogen-bond donors (Lipinski definition) is 1. The lowest BCUT2D eigenvalue weighted by Gasteiger charge is -2.40. The van der Waals surface area contributed by atoms with Crippen LogP contribution in [0.3, 0.4) is 0 Å². The van der Waals surface area contributed by atoms with Crippen molar-refractivity contribution >= 4 is 11.8 Å². The predicted molar refractivity (Wildman–Crippen MR) is 57.1 cm³/mol. The van der Waals surface area contributed by atoms with E-state index >= 15 is 0 Å². The Labute approximate surface area is 90.6 Å². The average Bonchev–Trinajstić information content (AvgIpc) is 2.41. The van der Waals surface area contributed by atoms with E-state index in [1.807, 2.05) is 6.92 Å². The third-order valence-electron chi connectivity index (χ3n) is 4.19. The van der Waals surface area contributed by atoms with Gasteiger partial charge in [0.15, 0.2) is 0 Å². The Morgan fingerprint density at radius 3 is 2.33 bits per heavy atom. The molecule has 0 aromatic rings. The number of amides is 2. The Bertz CT molecular complexity index is 277. The van der Waals surface area contributed by atoms with Crippen molar-refractivity contribution in [3.05, 3.63) is 0 Å². The molecule has 1 heterocycles. The van der Waals surface area contributed by atoms with Gasteiger partial charge in [0, 0.05) is 12.3 Å². The number of imide groups is 1. The molecule has 2 aliphatic rings. The molecule has 1 unspecified atom stereocenters. The molecule has 1 saturated carbocycles. The van der Waals surface area contributed by atoms with Crippen LogP contribution in [0.5, 0.6) is 0 Å². The maximum Gasteiger partial charge on any atom is 0.229 e. The van der Waals surface area contributed by atoms with Crippen molar-refractivity contribution in [3.8, 4) is 0 Å². The van der Waals surface area contributed by atoms with Gasteiger partial charge in [0.1, 0.15) is 0 Å². The zero-order valence-electron chi connectivity index (χ0n) is 9.34. The predicted octanol–water partition coefficient (Wildman–Crippen LogP) is 2.01. The van der Waals surface area contributed by atoms with E-state index in [9.17, 15) is 9.59 Å². The van der Waals surface area contributed by atoms with Gasteiger partial charge in [-0.15, -0.1) is 0 Å². The molecule has 1 aliphatic carbocycles. The molecule has 0 bridgehead atoms. The van der Waals surface area contributed by atoms with Crippen LogP contribution in [0.15, 0.2) is 0 Å². The van der Waals surface area contributed by atoms with Crippen molar-refractivity contribution in [1.29, 1.82) is 0 Å². The SMILES string of the molecule is CC1C(=O)NC(=O)CC12CCCCCC2. The fraction of sp³-hybridized carbons (Fsp3) is 0.833. The molecule has 2 rings (SSSR count). The molecule has 2 amide bonds. The van der Waals surface area contributed by atoms with E-state index in [0.717, 1.165) is 12.8 Å². The molecule has 0 aromatic heterocycles. The molecule has 1 saturated heterocycles. The fourth-order valence-electron chi connectivity index (χ4n) is 3.08. The van der Waals surface area contributed by atoms with Crippen molar-refractivity contribution < 1.29 is 9.59 Å². The van der Waals surface area contributed by atoms with Crippen molar-refractivity contribution in [3.63, 3.8) is 0 Å². The van der Waals surface area contributed by atoms with E-state index in [1.54, 1.807) is 0 Å². The second-order valence-electron chi connectivity index (χ2n) is 5.09. The molecule has 2 fully saturated rings. The highest BCUT2D eigenvalue weighted by Gasteiger charge is 2.45. The highest BCUT2D eigenvalue weighted by molar-refractivity contribution is 5.99. The van der Waals surface area contributed by atoms with Crippen LogP contribution in [0.25, 0.3) is 0 Å². The van der Waals surface area contributed by atoms with Gasteiger partial charge >= 0.3 is 0 Å². The molecule has 84 valence electrons. The summed E-state index contributed by atoms with van der Waals surface area (Å²) in [5.74, 6) is -0.124. The molecule has 1 aliphatic heterocycles. The summed E-state index contributed by atoms with van der Waals surface area (Å²) < 4.78 is 0. The minimum Gasteiger partial charge on any atom is -0.296 e. The Balaban J connectivity index is 2.21. The van der Waals surface area contributed by atoms with Crippen LogP contribution >= 0.6 is 0 Å². The number of hydrogen-bond acceptors (Lipinski definition) is 2. The fourth-order valence-corrected chi connectivity index (χ4v) is 3.08. The lowest BCUT2D eigenvalue weighted by molar-refractivity contribution is -0.143. The molecule has 3 nitrogen and oxygen atoms in total. The Morgan fingerprint density at radius 1 is 1.13 bits per heavy atom. The molecular formula is C12H19NO2. The number of carbonyl (C=O) groups excluding carboxylic acids is 2. The van der Waals surface area contributed by atoms with E-state index in [0.29, 0.717) is 6.42 Å². The molecule has 3 heteroatoms. The number of carbonyl (C=O) groups is 2. The first-order valence-corrected chi connectivity index (χ1v) is 5.98. The molecule has 1 atom stereocenters. The summed E-state index contributed by atoms with van der Waals surface area (Å²) in [7, 11) is 0. The largest absolute Gasteiger partial charge is 0.296 e. The Morgan fingerprint density at radius 2 is 1.73 bits per heavy atom. The van der Waals surface area contributed by atoms with Gasteiger partial charge in [0.05, 0.1) is 0 Å². The van der Waals surface area contributed by atoms with Gasteiger partial charge in [-0.3, -0.25) is 14.9 Å². The smallest absolute Gasteiger partial charge is 0.229 e. The third-order valence-corrected chi connectivity index (χ3v) is 4.19. The summed E-state index contributed by atoms with van der Waals surface area (Å²) in [6, 6.07) is 0. The van der Waals surface area contributed by atoms with E-state index < -0.39 is 0 Å². The first kappa shape index (κ1) is 10.7. The first-order chi connectivity index (χ1) is 7.14. The minimum absolute atomic E-state index is 0.00769. The maximum atomic E-state index is 11.7. The van der Waals surface area contributed by atoms with Gasteiger partial charge in [0.25, 0.3) is 0 Å². The van der Waals surface area contributed by atoms with Crippen LogP contribution in [-0.2, 0) is 9.59 Å². The van der Waals surface area contributed by atoms with Crippen LogP contribution in [0.1, 0.15) is 51.9 Å². The van der Waals surface area contributed by atoms with Crippen LogP contribution < -0.4 is 5.32 Å². The molecule has 1 spiro atoms. The second kappa shape index (κ2) is 3.95. The van der Waals surface area contributed by atoms with Crippen LogP contribution in [0.2, 0.25) is 0 Å².